The number of carbonyl (C=O) groups is 1. The van der Waals surface area contributed by atoms with Crippen LogP contribution in [0.15, 0.2) is 78.9 Å². The summed E-state index contributed by atoms with van der Waals surface area (Å²) in [5.41, 5.74) is 7.41. The molecule has 1 saturated heterocycles. The Balaban J connectivity index is 1.74. The van der Waals surface area contributed by atoms with Crippen LogP contribution in [0.1, 0.15) is 23.1 Å². The molecule has 2 atom stereocenters. The fraction of sp³-hybridized carbons (Fsp3) is 0.269. The van der Waals surface area contributed by atoms with E-state index in [1.807, 2.05) is 60.7 Å². The molecule has 4 rings (SSSR count). The van der Waals surface area contributed by atoms with Crippen LogP contribution >= 0.6 is 0 Å². The molecule has 0 bridgehead atoms. The SMILES string of the molecule is C[N+]1(Cc2ccc(F)cc2F)CCC(C(C(N)=O)(c2ccccc2)c2ccccc2)C1. The summed E-state index contributed by atoms with van der Waals surface area (Å²) < 4.78 is 28.2. The van der Waals surface area contributed by atoms with Crippen molar-refractivity contribution in [3.63, 3.8) is 0 Å². The van der Waals surface area contributed by atoms with E-state index < -0.39 is 17.0 Å². The van der Waals surface area contributed by atoms with E-state index in [9.17, 15) is 13.6 Å². The number of amides is 1. The zero-order valence-corrected chi connectivity index (χ0v) is 17.6. The standard InChI is InChI=1S/C26H26F2N2O/c1-30(17-19-12-13-23(27)16-24(19)28)15-14-22(18-30)26(25(29)31,20-8-4-2-5-9-20)21-10-6-3-7-11-21/h2-13,16,22H,14-15,17-18H2,1H3,(H-,29,31)/p+1. The first-order valence-corrected chi connectivity index (χ1v) is 10.5. The van der Waals surface area contributed by atoms with E-state index in [0.29, 0.717) is 23.1 Å². The highest BCUT2D eigenvalue weighted by Gasteiger charge is 2.53. The van der Waals surface area contributed by atoms with Crippen LogP contribution < -0.4 is 5.73 Å². The van der Waals surface area contributed by atoms with E-state index in [-0.39, 0.29) is 11.8 Å². The Morgan fingerprint density at radius 1 is 1.00 bits per heavy atom. The maximum Gasteiger partial charge on any atom is 0.233 e. The number of rotatable bonds is 6. The number of benzene rings is 3. The average molecular weight is 422 g/mol. The first-order chi connectivity index (χ1) is 14.8. The fourth-order valence-electron chi connectivity index (χ4n) is 5.27. The lowest BCUT2D eigenvalue weighted by Crippen LogP contribution is -2.51. The smallest absolute Gasteiger partial charge is 0.233 e. The lowest BCUT2D eigenvalue weighted by atomic mass is 9.64. The Morgan fingerprint density at radius 3 is 2.10 bits per heavy atom. The zero-order valence-electron chi connectivity index (χ0n) is 17.6. The molecule has 0 saturated carbocycles. The maximum atomic E-state index is 14.3. The number of hydrogen-bond donors (Lipinski definition) is 1. The first kappa shape index (κ1) is 21.2. The highest BCUT2D eigenvalue weighted by Crippen LogP contribution is 2.45. The van der Waals surface area contributed by atoms with Gasteiger partial charge in [-0.15, -0.1) is 0 Å². The summed E-state index contributed by atoms with van der Waals surface area (Å²) in [6.45, 7) is 1.86. The number of nitrogens with two attached hydrogens (primary N) is 1. The van der Waals surface area contributed by atoms with Crippen LogP contribution in [0.5, 0.6) is 0 Å². The molecule has 1 aliphatic rings. The maximum absolute atomic E-state index is 14.3. The Bertz CT molecular complexity index is 1030. The molecule has 1 fully saturated rings. The number of carbonyl (C=O) groups excluding carboxylic acids is 1. The van der Waals surface area contributed by atoms with Crippen LogP contribution in [-0.4, -0.2) is 30.5 Å². The average Bonchev–Trinajstić information content (AvgIpc) is 3.14. The lowest BCUT2D eigenvalue weighted by molar-refractivity contribution is -0.912. The van der Waals surface area contributed by atoms with Crippen molar-refractivity contribution >= 4 is 5.91 Å². The summed E-state index contributed by atoms with van der Waals surface area (Å²) >= 11 is 0. The van der Waals surface area contributed by atoms with Gasteiger partial charge in [0.2, 0.25) is 5.91 Å². The third-order valence-electron chi connectivity index (χ3n) is 6.71. The molecule has 5 heteroatoms. The largest absolute Gasteiger partial charge is 0.369 e. The van der Waals surface area contributed by atoms with Crippen molar-refractivity contribution in [1.29, 1.82) is 0 Å². The Hall–Kier alpha value is -3.05. The van der Waals surface area contributed by atoms with E-state index in [2.05, 4.69) is 7.05 Å². The van der Waals surface area contributed by atoms with Gasteiger partial charge in [-0.05, 0) is 23.3 Å². The van der Waals surface area contributed by atoms with E-state index >= 15 is 0 Å². The van der Waals surface area contributed by atoms with E-state index in [1.54, 1.807) is 0 Å². The molecule has 3 aromatic rings. The molecule has 1 heterocycles. The molecule has 0 aliphatic carbocycles. The molecule has 0 radical (unpaired) electrons. The van der Waals surface area contributed by atoms with E-state index in [1.165, 1.54) is 12.1 Å². The number of halogens is 2. The van der Waals surface area contributed by atoms with Crippen molar-refractivity contribution in [2.45, 2.75) is 18.4 Å². The van der Waals surface area contributed by atoms with Gasteiger partial charge in [-0.2, -0.15) is 0 Å². The van der Waals surface area contributed by atoms with Gasteiger partial charge in [0.25, 0.3) is 0 Å². The van der Waals surface area contributed by atoms with Crippen LogP contribution in [-0.2, 0) is 16.8 Å². The van der Waals surface area contributed by atoms with E-state index in [0.717, 1.165) is 30.2 Å². The van der Waals surface area contributed by atoms with Gasteiger partial charge in [-0.3, -0.25) is 4.79 Å². The number of likely N-dealkylation sites (tertiary alicyclic amines) is 1. The van der Waals surface area contributed by atoms with Gasteiger partial charge in [-0.25, -0.2) is 8.78 Å². The summed E-state index contributed by atoms with van der Waals surface area (Å²) in [4.78, 5) is 13.2. The van der Waals surface area contributed by atoms with E-state index in [4.69, 9.17) is 5.73 Å². The van der Waals surface area contributed by atoms with Gasteiger partial charge in [0.1, 0.15) is 23.6 Å². The zero-order chi connectivity index (χ0) is 22.1. The molecular weight excluding hydrogens is 394 g/mol. The van der Waals surface area contributed by atoms with Crippen LogP contribution in [0, 0.1) is 17.6 Å². The predicted octanol–water partition coefficient (Wildman–Crippen LogP) is 4.40. The second kappa shape index (κ2) is 8.23. The summed E-state index contributed by atoms with van der Waals surface area (Å²) in [5, 5.41) is 0. The molecule has 31 heavy (non-hydrogen) atoms. The number of hydrogen-bond acceptors (Lipinski definition) is 1. The molecule has 3 nitrogen and oxygen atoms in total. The molecule has 0 aromatic heterocycles. The highest BCUT2D eigenvalue weighted by atomic mass is 19.1. The van der Waals surface area contributed by atoms with Gasteiger partial charge >= 0.3 is 0 Å². The Labute approximate surface area is 181 Å². The number of quaternary nitrogens is 1. The van der Waals surface area contributed by atoms with Gasteiger partial charge < -0.3 is 10.2 Å². The third kappa shape index (κ3) is 3.86. The van der Waals surface area contributed by atoms with Crippen molar-refractivity contribution < 1.29 is 18.1 Å². The van der Waals surface area contributed by atoms with Gasteiger partial charge in [0.05, 0.1) is 20.1 Å². The quantitative estimate of drug-likeness (QED) is 0.589. The summed E-state index contributed by atoms with van der Waals surface area (Å²) in [7, 11) is 2.06. The lowest BCUT2D eigenvalue weighted by Gasteiger charge is -2.38. The minimum Gasteiger partial charge on any atom is -0.369 e. The summed E-state index contributed by atoms with van der Waals surface area (Å²) in [6.07, 6.45) is 0.770. The third-order valence-corrected chi connectivity index (χ3v) is 6.71. The predicted molar refractivity (Wildman–Crippen MR) is 117 cm³/mol. The summed E-state index contributed by atoms with van der Waals surface area (Å²) in [5.74, 6) is -1.54. The monoisotopic (exact) mass is 421 g/mol. The second-order valence-corrected chi connectivity index (χ2v) is 8.81. The van der Waals surface area contributed by atoms with Crippen LogP contribution in [0.4, 0.5) is 8.78 Å². The van der Waals surface area contributed by atoms with Gasteiger partial charge in [0, 0.05) is 24.0 Å². The molecule has 2 N–H and O–H groups in total. The van der Waals surface area contributed by atoms with Crippen molar-refractivity contribution in [2.75, 3.05) is 20.1 Å². The second-order valence-electron chi connectivity index (χ2n) is 8.81. The summed E-state index contributed by atoms with van der Waals surface area (Å²) in [6, 6.07) is 23.1. The Kier molecular flexibility index (Phi) is 5.63. The fourth-order valence-corrected chi connectivity index (χ4v) is 5.27. The Morgan fingerprint density at radius 2 is 1.58 bits per heavy atom. The molecule has 2 unspecified atom stereocenters. The topological polar surface area (TPSA) is 43.1 Å². The van der Waals surface area contributed by atoms with Crippen molar-refractivity contribution in [1.82, 2.24) is 0 Å². The van der Waals surface area contributed by atoms with Crippen molar-refractivity contribution in [3.8, 4) is 0 Å². The van der Waals surface area contributed by atoms with Gasteiger partial charge in [-0.1, -0.05) is 60.7 Å². The molecule has 3 aromatic carbocycles. The van der Waals surface area contributed by atoms with Crippen molar-refractivity contribution in [3.05, 3.63) is 107 Å². The molecular formula is C26H27F2N2O+. The first-order valence-electron chi connectivity index (χ1n) is 10.5. The molecule has 0 spiro atoms. The molecule has 160 valence electrons. The normalized spacial score (nSPS) is 21.2. The van der Waals surface area contributed by atoms with Crippen LogP contribution in [0.2, 0.25) is 0 Å². The molecule has 1 aliphatic heterocycles. The van der Waals surface area contributed by atoms with Gasteiger partial charge in [0.15, 0.2) is 0 Å². The van der Waals surface area contributed by atoms with Crippen LogP contribution in [0.25, 0.3) is 0 Å². The molecule has 1 amide bonds. The highest BCUT2D eigenvalue weighted by molar-refractivity contribution is 5.91. The number of primary amides is 1. The minimum atomic E-state index is -0.972. The minimum absolute atomic E-state index is 0.0525. The number of nitrogens with zero attached hydrogens (tertiary/aromatic N) is 1. The van der Waals surface area contributed by atoms with Crippen LogP contribution in [0.3, 0.4) is 0 Å². The van der Waals surface area contributed by atoms with Crippen molar-refractivity contribution in [2.24, 2.45) is 11.7 Å².